The number of hydrogen-bond donors (Lipinski definition) is 1. The van der Waals surface area contributed by atoms with Gasteiger partial charge in [0.25, 0.3) is 0 Å². The van der Waals surface area contributed by atoms with E-state index in [1.54, 1.807) is 19.9 Å². The van der Waals surface area contributed by atoms with Gasteiger partial charge >= 0.3 is 0 Å². The molecule has 0 aromatic rings. The molecule has 12 heavy (non-hydrogen) atoms. The summed E-state index contributed by atoms with van der Waals surface area (Å²) < 4.78 is 0. The van der Waals surface area contributed by atoms with E-state index >= 15 is 0 Å². The van der Waals surface area contributed by atoms with E-state index in [0.717, 1.165) is 4.91 Å². The fourth-order valence-corrected chi connectivity index (χ4v) is 1.29. The zero-order chi connectivity index (χ0) is 9.56. The van der Waals surface area contributed by atoms with Gasteiger partial charge in [-0.3, -0.25) is 4.79 Å². The van der Waals surface area contributed by atoms with E-state index in [0.29, 0.717) is 0 Å². The molecule has 1 amide bonds. The lowest BCUT2D eigenvalue weighted by Gasteiger charge is -2.07. The standard InChI is InChI=1S/C9H13NOS/c1-4-5-6-8(12-3)7(2)9(10)11/h6-7H,1-3H3,(H2,10,11)/b8-6-. The summed E-state index contributed by atoms with van der Waals surface area (Å²) in [6.07, 6.45) is 3.64. The number of carbonyl (C=O) groups excluding carboxylic acids is 1. The zero-order valence-corrected chi connectivity index (χ0v) is 8.37. The molecule has 0 aromatic heterocycles. The topological polar surface area (TPSA) is 43.1 Å². The minimum absolute atomic E-state index is 0.235. The minimum Gasteiger partial charge on any atom is -0.369 e. The lowest BCUT2D eigenvalue weighted by Crippen LogP contribution is -2.21. The van der Waals surface area contributed by atoms with E-state index in [-0.39, 0.29) is 11.8 Å². The molecule has 66 valence electrons. The highest BCUT2D eigenvalue weighted by Gasteiger charge is 2.12. The van der Waals surface area contributed by atoms with E-state index in [1.165, 1.54) is 11.8 Å². The molecule has 0 saturated carbocycles. The van der Waals surface area contributed by atoms with Crippen molar-refractivity contribution in [1.29, 1.82) is 0 Å². The summed E-state index contributed by atoms with van der Waals surface area (Å²) in [6.45, 7) is 3.53. The molecule has 0 saturated heterocycles. The lowest BCUT2D eigenvalue weighted by atomic mass is 10.1. The average Bonchev–Trinajstić information content (AvgIpc) is 2.05. The van der Waals surface area contributed by atoms with Crippen molar-refractivity contribution in [2.45, 2.75) is 13.8 Å². The molecule has 0 radical (unpaired) electrons. The Balaban J connectivity index is 4.51. The van der Waals surface area contributed by atoms with Crippen LogP contribution in [0, 0.1) is 17.8 Å². The number of allylic oxidation sites excluding steroid dienone is 1. The molecule has 0 fully saturated rings. The molecule has 0 spiro atoms. The van der Waals surface area contributed by atoms with Crippen LogP contribution in [-0.2, 0) is 4.79 Å². The largest absolute Gasteiger partial charge is 0.369 e. The molecular formula is C9H13NOS. The first-order valence-electron chi connectivity index (χ1n) is 3.59. The summed E-state index contributed by atoms with van der Waals surface area (Å²) in [6, 6.07) is 0. The molecule has 0 heterocycles. The summed E-state index contributed by atoms with van der Waals surface area (Å²) in [5.74, 6) is 4.98. The number of rotatable bonds is 3. The summed E-state index contributed by atoms with van der Waals surface area (Å²) >= 11 is 1.50. The van der Waals surface area contributed by atoms with Crippen LogP contribution in [0.15, 0.2) is 11.0 Å². The van der Waals surface area contributed by atoms with Gasteiger partial charge in [-0.15, -0.1) is 17.7 Å². The van der Waals surface area contributed by atoms with E-state index in [4.69, 9.17) is 5.73 Å². The van der Waals surface area contributed by atoms with E-state index in [1.807, 2.05) is 6.26 Å². The normalized spacial score (nSPS) is 13.1. The van der Waals surface area contributed by atoms with Crippen molar-refractivity contribution >= 4 is 17.7 Å². The molecule has 2 N–H and O–H groups in total. The van der Waals surface area contributed by atoms with Crippen molar-refractivity contribution in [2.24, 2.45) is 11.7 Å². The van der Waals surface area contributed by atoms with Crippen LogP contribution in [0.25, 0.3) is 0 Å². The molecule has 0 aliphatic carbocycles. The maximum absolute atomic E-state index is 10.8. The van der Waals surface area contributed by atoms with Crippen LogP contribution in [0.5, 0.6) is 0 Å². The minimum atomic E-state index is -0.312. The van der Waals surface area contributed by atoms with Crippen LogP contribution < -0.4 is 5.73 Å². The van der Waals surface area contributed by atoms with Crippen LogP contribution >= 0.6 is 11.8 Å². The van der Waals surface area contributed by atoms with Gasteiger partial charge < -0.3 is 5.73 Å². The SMILES string of the molecule is CC#C/C=C(\SC)C(C)C(N)=O. The van der Waals surface area contributed by atoms with Crippen molar-refractivity contribution in [3.05, 3.63) is 11.0 Å². The quantitative estimate of drug-likeness (QED) is 0.672. The Morgan fingerprint density at radius 1 is 1.67 bits per heavy atom. The van der Waals surface area contributed by atoms with Crippen molar-refractivity contribution in [2.75, 3.05) is 6.26 Å². The van der Waals surface area contributed by atoms with Gasteiger partial charge in [0.2, 0.25) is 5.91 Å². The molecule has 1 atom stereocenters. The van der Waals surface area contributed by atoms with Crippen LogP contribution in [0.4, 0.5) is 0 Å². The molecule has 0 bridgehead atoms. The monoisotopic (exact) mass is 183 g/mol. The highest BCUT2D eigenvalue weighted by molar-refractivity contribution is 8.02. The second-order valence-corrected chi connectivity index (χ2v) is 3.15. The first-order chi connectivity index (χ1) is 5.63. The fraction of sp³-hybridized carbons (Fsp3) is 0.444. The molecule has 3 heteroatoms. The van der Waals surface area contributed by atoms with E-state index in [2.05, 4.69) is 11.8 Å². The van der Waals surface area contributed by atoms with Gasteiger partial charge in [0.15, 0.2) is 0 Å². The van der Waals surface area contributed by atoms with Crippen LogP contribution in [0.2, 0.25) is 0 Å². The molecule has 0 rings (SSSR count). The highest BCUT2D eigenvalue weighted by atomic mass is 32.2. The van der Waals surface area contributed by atoms with Crippen molar-refractivity contribution in [3.8, 4) is 11.8 Å². The summed E-state index contributed by atoms with van der Waals surface area (Å²) in [5.41, 5.74) is 5.14. The third kappa shape index (κ3) is 3.49. The first kappa shape index (κ1) is 11.1. The van der Waals surface area contributed by atoms with Crippen molar-refractivity contribution < 1.29 is 4.79 Å². The molecule has 0 aliphatic heterocycles. The lowest BCUT2D eigenvalue weighted by molar-refractivity contribution is -0.120. The predicted octanol–water partition coefficient (Wildman–Crippen LogP) is 1.38. The zero-order valence-electron chi connectivity index (χ0n) is 7.55. The van der Waals surface area contributed by atoms with Gasteiger partial charge in [-0.1, -0.05) is 5.92 Å². The van der Waals surface area contributed by atoms with Gasteiger partial charge in [0.05, 0.1) is 5.92 Å². The second kappa shape index (κ2) is 5.73. The van der Waals surface area contributed by atoms with E-state index < -0.39 is 0 Å². The smallest absolute Gasteiger partial charge is 0.225 e. The average molecular weight is 183 g/mol. The summed E-state index contributed by atoms with van der Waals surface area (Å²) in [7, 11) is 0. The van der Waals surface area contributed by atoms with Gasteiger partial charge in [-0.25, -0.2) is 0 Å². The molecule has 0 aromatic carbocycles. The van der Waals surface area contributed by atoms with Crippen molar-refractivity contribution in [1.82, 2.24) is 0 Å². The Morgan fingerprint density at radius 3 is 2.58 bits per heavy atom. The van der Waals surface area contributed by atoms with E-state index in [9.17, 15) is 4.79 Å². The molecule has 1 unspecified atom stereocenters. The fourth-order valence-electron chi connectivity index (χ4n) is 0.644. The summed E-state index contributed by atoms with van der Waals surface area (Å²) in [4.78, 5) is 11.7. The Morgan fingerprint density at radius 2 is 2.25 bits per heavy atom. The third-order valence-electron chi connectivity index (χ3n) is 1.45. The Bertz CT molecular complexity index is 247. The number of hydrogen-bond acceptors (Lipinski definition) is 2. The Labute approximate surface area is 77.6 Å². The number of carbonyl (C=O) groups is 1. The van der Waals surface area contributed by atoms with Crippen molar-refractivity contribution in [3.63, 3.8) is 0 Å². The Kier molecular flexibility index (Phi) is 5.31. The molecule has 0 aliphatic rings. The second-order valence-electron chi connectivity index (χ2n) is 2.27. The molecular weight excluding hydrogens is 170 g/mol. The van der Waals surface area contributed by atoms with Crippen LogP contribution in [-0.4, -0.2) is 12.2 Å². The maximum atomic E-state index is 10.8. The number of amides is 1. The number of primary amides is 1. The summed E-state index contributed by atoms with van der Waals surface area (Å²) in [5, 5.41) is 0. The highest BCUT2D eigenvalue weighted by Crippen LogP contribution is 2.20. The van der Waals surface area contributed by atoms with Crippen LogP contribution in [0.1, 0.15) is 13.8 Å². The van der Waals surface area contributed by atoms with Gasteiger partial charge in [0.1, 0.15) is 0 Å². The number of nitrogens with two attached hydrogens (primary N) is 1. The maximum Gasteiger partial charge on any atom is 0.225 e. The predicted molar refractivity (Wildman–Crippen MR) is 53.4 cm³/mol. The molecule has 2 nitrogen and oxygen atoms in total. The van der Waals surface area contributed by atoms with Gasteiger partial charge in [0, 0.05) is 4.91 Å². The number of thioether (sulfide) groups is 1. The van der Waals surface area contributed by atoms with Crippen LogP contribution in [0.3, 0.4) is 0 Å². The first-order valence-corrected chi connectivity index (χ1v) is 4.81. The Hall–Kier alpha value is -0.880. The third-order valence-corrected chi connectivity index (χ3v) is 2.39. The van der Waals surface area contributed by atoms with Gasteiger partial charge in [-0.05, 0) is 26.2 Å². The van der Waals surface area contributed by atoms with Gasteiger partial charge in [-0.2, -0.15) is 0 Å².